The van der Waals surface area contributed by atoms with Gasteiger partial charge in [-0.05, 0) is 23.3 Å². The Balaban J connectivity index is 1.95. The molecule has 0 unspecified atom stereocenters. The Labute approximate surface area is 144 Å². The van der Waals surface area contributed by atoms with E-state index in [0.717, 1.165) is 21.3 Å². The van der Waals surface area contributed by atoms with E-state index in [2.05, 4.69) is 20.9 Å². The van der Waals surface area contributed by atoms with Crippen molar-refractivity contribution in [3.63, 3.8) is 0 Å². The summed E-state index contributed by atoms with van der Waals surface area (Å²) >= 11 is 4.99. The van der Waals surface area contributed by atoms with Crippen LogP contribution >= 0.6 is 27.3 Å². The molecule has 22 heavy (non-hydrogen) atoms. The normalized spacial score (nSPS) is 13.7. The Kier molecular flexibility index (Phi) is 5.18. The lowest BCUT2D eigenvalue weighted by Gasteiger charge is -2.17. The molecule has 0 amide bonds. The molecule has 0 saturated heterocycles. The predicted octanol–water partition coefficient (Wildman–Crippen LogP) is 4.94. The molecule has 3 aromatic rings. The topological polar surface area (TPSA) is 30.0 Å². The fourth-order valence-electron chi connectivity index (χ4n) is 2.30. The molecule has 0 aliphatic heterocycles. The summed E-state index contributed by atoms with van der Waals surface area (Å²) in [4.78, 5) is 4.26. The van der Waals surface area contributed by atoms with Crippen molar-refractivity contribution in [2.24, 2.45) is 0 Å². The van der Waals surface area contributed by atoms with E-state index in [9.17, 15) is 4.21 Å². The van der Waals surface area contributed by atoms with Crippen LogP contribution in [-0.2, 0) is 16.6 Å². The van der Waals surface area contributed by atoms with Crippen LogP contribution in [0.3, 0.4) is 0 Å². The van der Waals surface area contributed by atoms with E-state index in [-0.39, 0.29) is 5.25 Å². The summed E-state index contributed by atoms with van der Waals surface area (Å²) in [6, 6.07) is 18.1. The van der Waals surface area contributed by atoms with Crippen molar-refractivity contribution < 1.29 is 4.21 Å². The quantitative estimate of drug-likeness (QED) is 0.615. The average Bonchev–Trinajstić information content (AvgIpc) is 3.03. The van der Waals surface area contributed by atoms with Crippen LogP contribution in [-0.4, -0.2) is 9.19 Å². The molecule has 2 atom stereocenters. The molecule has 1 aromatic heterocycles. The second-order valence-corrected chi connectivity index (χ2v) is 8.00. The van der Waals surface area contributed by atoms with Gasteiger partial charge in [0.2, 0.25) is 0 Å². The first-order valence-corrected chi connectivity index (χ1v) is 9.90. The van der Waals surface area contributed by atoms with E-state index in [0.29, 0.717) is 5.75 Å². The number of aromatic nitrogens is 1. The van der Waals surface area contributed by atoms with Gasteiger partial charge in [0, 0.05) is 20.7 Å². The summed E-state index contributed by atoms with van der Waals surface area (Å²) in [6.07, 6.45) is 0. The minimum absolute atomic E-state index is 0.143. The molecule has 3 rings (SSSR count). The van der Waals surface area contributed by atoms with E-state index < -0.39 is 10.8 Å². The van der Waals surface area contributed by atoms with Crippen LogP contribution in [0.1, 0.15) is 22.1 Å². The third kappa shape index (κ3) is 3.72. The Morgan fingerprint density at radius 1 is 1.05 bits per heavy atom. The number of hydrogen-bond donors (Lipinski definition) is 0. The van der Waals surface area contributed by atoms with Crippen molar-refractivity contribution >= 4 is 38.1 Å². The molecule has 0 aliphatic rings. The number of nitrogens with zero attached hydrogens (tertiary/aromatic N) is 1. The molecule has 0 aliphatic carbocycles. The molecule has 0 bridgehead atoms. The Hall–Kier alpha value is -1.30. The molecule has 5 heteroatoms. The number of rotatable bonds is 5. The van der Waals surface area contributed by atoms with Crippen molar-refractivity contribution in [1.29, 1.82) is 0 Å². The van der Waals surface area contributed by atoms with E-state index in [1.807, 2.05) is 60.0 Å². The highest BCUT2D eigenvalue weighted by Gasteiger charge is 2.21. The first-order valence-electron chi connectivity index (χ1n) is 6.78. The first kappa shape index (κ1) is 15.6. The van der Waals surface area contributed by atoms with Gasteiger partial charge in [0.05, 0.1) is 22.2 Å². The van der Waals surface area contributed by atoms with Crippen LogP contribution in [0.2, 0.25) is 0 Å². The highest BCUT2D eigenvalue weighted by molar-refractivity contribution is 9.10. The van der Waals surface area contributed by atoms with E-state index in [1.54, 1.807) is 5.51 Å². The SMILES string of the molecule is O=[S@@](Cc1cscn1)[C@H](c1ccccc1)c1ccc(Br)cc1. The summed E-state index contributed by atoms with van der Waals surface area (Å²) in [7, 11) is -1.07. The van der Waals surface area contributed by atoms with Crippen molar-refractivity contribution in [1.82, 2.24) is 4.98 Å². The Bertz CT molecular complexity index is 742. The van der Waals surface area contributed by atoms with Crippen LogP contribution < -0.4 is 0 Å². The molecule has 0 N–H and O–H groups in total. The van der Waals surface area contributed by atoms with Gasteiger partial charge in [-0.25, -0.2) is 4.98 Å². The summed E-state index contributed by atoms with van der Waals surface area (Å²) in [5.41, 5.74) is 4.80. The number of hydrogen-bond acceptors (Lipinski definition) is 3. The molecule has 0 spiro atoms. The third-order valence-electron chi connectivity index (χ3n) is 3.31. The largest absolute Gasteiger partial charge is 0.258 e. The summed E-state index contributed by atoms with van der Waals surface area (Å²) in [5, 5.41) is 1.82. The second-order valence-electron chi connectivity index (χ2n) is 4.85. The van der Waals surface area contributed by atoms with Crippen LogP contribution in [0.15, 0.2) is 70.0 Å². The van der Waals surface area contributed by atoms with Crippen molar-refractivity contribution in [3.8, 4) is 0 Å². The van der Waals surface area contributed by atoms with Crippen molar-refractivity contribution in [3.05, 3.63) is 86.8 Å². The van der Waals surface area contributed by atoms with Gasteiger partial charge in [-0.15, -0.1) is 11.3 Å². The van der Waals surface area contributed by atoms with E-state index in [1.165, 1.54) is 11.3 Å². The zero-order valence-corrected chi connectivity index (χ0v) is 14.9. The number of halogens is 1. The van der Waals surface area contributed by atoms with Crippen molar-refractivity contribution in [2.75, 3.05) is 0 Å². The van der Waals surface area contributed by atoms with E-state index >= 15 is 0 Å². The van der Waals surface area contributed by atoms with Crippen LogP contribution in [0, 0.1) is 0 Å². The molecule has 0 fully saturated rings. The number of thiazole rings is 1. The summed E-state index contributed by atoms with van der Waals surface area (Å²) in [6.45, 7) is 0. The van der Waals surface area contributed by atoms with Gasteiger partial charge in [-0.3, -0.25) is 4.21 Å². The van der Waals surface area contributed by atoms with Gasteiger partial charge in [0.1, 0.15) is 0 Å². The summed E-state index contributed by atoms with van der Waals surface area (Å²) < 4.78 is 14.0. The standard InChI is InChI=1S/C17H14BrNOS2/c18-15-8-6-14(7-9-15)17(13-4-2-1-3-5-13)22(20)11-16-10-21-12-19-16/h1-10,12,17H,11H2/t17-,22+/m1/s1. The van der Waals surface area contributed by atoms with Gasteiger partial charge < -0.3 is 0 Å². The van der Waals surface area contributed by atoms with Crippen LogP contribution in [0.4, 0.5) is 0 Å². The average molecular weight is 392 g/mol. The summed E-state index contributed by atoms with van der Waals surface area (Å²) in [5.74, 6) is 0.471. The molecule has 0 radical (unpaired) electrons. The minimum atomic E-state index is -1.07. The number of benzene rings is 2. The fraction of sp³-hybridized carbons (Fsp3) is 0.118. The lowest BCUT2D eigenvalue weighted by atomic mass is 10.0. The maximum atomic E-state index is 13.0. The highest BCUT2D eigenvalue weighted by Crippen LogP contribution is 2.30. The predicted molar refractivity (Wildman–Crippen MR) is 96.4 cm³/mol. The fourth-order valence-corrected chi connectivity index (χ4v) is 4.76. The molecule has 112 valence electrons. The van der Waals surface area contributed by atoms with Gasteiger partial charge in [-0.1, -0.05) is 58.4 Å². The van der Waals surface area contributed by atoms with Crippen molar-refractivity contribution in [2.45, 2.75) is 11.0 Å². The molecular formula is C17H14BrNOS2. The lowest BCUT2D eigenvalue weighted by Crippen LogP contribution is -2.10. The van der Waals surface area contributed by atoms with Crippen LogP contribution in [0.5, 0.6) is 0 Å². The first-order chi connectivity index (χ1) is 10.7. The van der Waals surface area contributed by atoms with Gasteiger partial charge in [0.25, 0.3) is 0 Å². The van der Waals surface area contributed by atoms with Gasteiger partial charge in [0.15, 0.2) is 0 Å². The van der Waals surface area contributed by atoms with Gasteiger partial charge in [-0.2, -0.15) is 0 Å². The van der Waals surface area contributed by atoms with Crippen LogP contribution in [0.25, 0.3) is 0 Å². The maximum absolute atomic E-state index is 13.0. The molecule has 0 saturated carbocycles. The monoisotopic (exact) mass is 391 g/mol. The Morgan fingerprint density at radius 3 is 2.36 bits per heavy atom. The molecular weight excluding hydrogens is 378 g/mol. The molecule has 2 aromatic carbocycles. The second kappa shape index (κ2) is 7.31. The maximum Gasteiger partial charge on any atom is 0.0850 e. The van der Waals surface area contributed by atoms with Gasteiger partial charge >= 0.3 is 0 Å². The molecule has 1 heterocycles. The smallest absolute Gasteiger partial charge is 0.0850 e. The van der Waals surface area contributed by atoms with E-state index in [4.69, 9.17) is 0 Å². The third-order valence-corrected chi connectivity index (χ3v) is 6.13. The molecule has 2 nitrogen and oxygen atoms in total. The zero-order valence-electron chi connectivity index (χ0n) is 11.7. The Morgan fingerprint density at radius 2 is 1.73 bits per heavy atom. The zero-order chi connectivity index (χ0) is 15.4. The highest BCUT2D eigenvalue weighted by atomic mass is 79.9. The minimum Gasteiger partial charge on any atom is -0.258 e. The lowest BCUT2D eigenvalue weighted by molar-refractivity contribution is 0.677.